The van der Waals surface area contributed by atoms with Gasteiger partial charge in [0.15, 0.2) is 5.76 Å². The molecule has 1 aromatic rings. The lowest BCUT2D eigenvalue weighted by Gasteiger charge is -2.13. The Labute approximate surface area is 115 Å². The Bertz CT molecular complexity index is 535. The van der Waals surface area contributed by atoms with Gasteiger partial charge >= 0.3 is 5.97 Å². The largest absolute Gasteiger partial charge is 0.480 e. The number of primary amides is 1. The summed E-state index contributed by atoms with van der Waals surface area (Å²) in [5.41, 5.74) is 5.50. The van der Waals surface area contributed by atoms with Crippen molar-refractivity contribution in [2.24, 2.45) is 5.73 Å². The minimum absolute atomic E-state index is 0.0867. The molecule has 4 N–H and O–H groups in total. The molecule has 8 nitrogen and oxygen atoms in total. The maximum atomic E-state index is 12.1. The highest BCUT2D eigenvalue weighted by atomic mass is 16.5. The van der Waals surface area contributed by atoms with E-state index in [-0.39, 0.29) is 11.5 Å². The first-order valence-electron chi connectivity index (χ1n) is 6.02. The molecule has 110 valence electrons. The molecule has 0 unspecified atom stereocenters. The Morgan fingerprint density at radius 1 is 1.40 bits per heavy atom. The van der Waals surface area contributed by atoms with Crippen LogP contribution in [0.2, 0.25) is 0 Å². The lowest BCUT2D eigenvalue weighted by atomic mass is 10.0. The van der Waals surface area contributed by atoms with Crippen molar-refractivity contribution in [3.05, 3.63) is 17.0 Å². The van der Waals surface area contributed by atoms with Gasteiger partial charge in [0.2, 0.25) is 5.91 Å². The fourth-order valence-electron chi connectivity index (χ4n) is 1.69. The number of carbonyl (C=O) groups is 3. The third kappa shape index (κ3) is 3.56. The first-order valence-corrected chi connectivity index (χ1v) is 6.02. The van der Waals surface area contributed by atoms with E-state index < -0.39 is 30.2 Å². The summed E-state index contributed by atoms with van der Waals surface area (Å²) in [5.74, 6) is -2.53. The number of carbonyl (C=O) groups excluding carboxylic acids is 2. The summed E-state index contributed by atoms with van der Waals surface area (Å²) in [6, 6.07) is -1.38. The van der Waals surface area contributed by atoms with Gasteiger partial charge < -0.3 is 20.7 Å². The number of nitrogens with two attached hydrogens (primary N) is 1. The van der Waals surface area contributed by atoms with Crippen LogP contribution in [0.15, 0.2) is 4.52 Å². The Morgan fingerprint density at radius 2 is 2.00 bits per heavy atom. The molecule has 0 saturated carbocycles. The van der Waals surface area contributed by atoms with E-state index in [1.165, 1.54) is 0 Å². The molecule has 0 fully saturated rings. The van der Waals surface area contributed by atoms with E-state index in [0.717, 1.165) is 0 Å². The predicted octanol–water partition coefficient (Wildman–Crippen LogP) is 0.165. The van der Waals surface area contributed by atoms with Gasteiger partial charge in [0.05, 0.1) is 12.1 Å². The van der Waals surface area contributed by atoms with Crippen molar-refractivity contribution in [1.29, 1.82) is 0 Å². The smallest absolute Gasteiger partial charge is 0.326 e. The number of aromatic nitrogens is 1. The molecule has 0 aliphatic heterocycles. The Morgan fingerprint density at radius 3 is 2.45 bits per heavy atom. The third-order valence-electron chi connectivity index (χ3n) is 2.65. The molecule has 0 saturated heterocycles. The van der Waals surface area contributed by atoms with Crippen LogP contribution in [-0.2, 0) is 9.59 Å². The highest BCUT2D eigenvalue weighted by molar-refractivity contribution is 5.99. The minimum atomic E-state index is -1.38. The van der Waals surface area contributed by atoms with Crippen LogP contribution in [0.25, 0.3) is 0 Å². The van der Waals surface area contributed by atoms with E-state index in [1.807, 2.05) is 13.8 Å². The molecule has 0 aliphatic carbocycles. The van der Waals surface area contributed by atoms with E-state index in [1.54, 1.807) is 6.92 Å². The van der Waals surface area contributed by atoms with Crippen molar-refractivity contribution >= 4 is 17.8 Å². The number of nitrogens with zero attached hydrogens (tertiary/aromatic N) is 1. The van der Waals surface area contributed by atoms with Gasteiger partial charge in [-0.3, -0.25) is 9.59 Å². The fraction of sp³-hybridized carbons (Fsp3) is 0.500. The summed E-state index contributed by atoms with van der Waals surface area (Å²) in [4.78, 5) is 33.9. The zero-order chi connectivity index (χ0) is 15.4. The summed E-state index contributed by atoms with van der Waals surface area (Å²) >= 11 is 0. The van der Waals surface area contributed by atoms with Crippen molar-refractivity contribution in [2.45, 2.75) is 39.2 Å². The number of carboxylic acids is 1. The van der Waals surface area contributed by atoms with Gasteiger partial charge in [0.1, 0.15) is 11.6 Å². The molecule has 20 heavy (non-hydrogen) atoms. The van der Waals surface area contributed by atoms with Gasteiger partial charge in [0.25, 0.3) is 5.91 Å². The maximum absolute atomic E-state index is 12.1. The van der Waals surface area contributed by atoms with Crippen LogP contribution in [0.4, 0.5) is 0 Å². The molecule has 0 aliphatic rings. The van der Waals surface area contributed by atoms with Gasteiger partial charge in [-0.1, -0.05) is 19.0 Å². The van der Waals surface area contributed by atoms with Gasteiger partial charge in [-0.2, -0.15) is 0 Å². The molecule has 0 radical (unpaired) electrons. The fourth-order valence-corrected chi connectivity index (χ4v) is 1.69. The van der Waals surface area contributed by atoms with E-state index in [2.05, 4.69) is 10.5 Å². The summed E-state index contributed by atoms with van der Waals surface area (Å²) in [5, 5.41) is 14.9. The summed E-state index contributed by atoms with van der Waals surface area (Å²) in [6.45, 7) is 5.21. The Hall–Kier alpha value is -2.38. The summed E-state index contributed by atoms with van der Waals surface area (Å²) in [7, 11) is 0. The molecular weight excluding hydrogens is 266 g/mol. The first-order chi connectivity index (χ1) is 9.23. The number of carboxylic acid groups (broad SMARTS) is 1. The Kier molecular flexibility index (Phi) is 4.84. The second-order valence-corrected chi connectivity index (χ2v) is 4.70. The number of nitrogens with one attached hydrogen (secondary N) is 1. The maximum Gasteiger partial charge on any atom is 0.326 e. The van der Waals surface area contributed by atoms with Gasteiger partial charge in [-0.05, 0) is 6.92 Å². The average Bonchev–Trinajstić information content (AvgIpc) is 2.69. The van der Waals surface area contributed by atoms with Crippen LogP contribution in [-0.4, -0.2) is 34.1 Å². The molecule has 2 amide bonds. The van der Waals surface area contributed by atoms with E-state index >= 15 is 0 Å². The number of hydrogen-bond donors (Lipinski definition) is 3. The first kappa shape index (κ1) is 15.7. The number of hydrogen-bond acceptors (Lipinski definition) is 5. The molecule has 0 spiro atoms. The normalized spacial score (nSPS) is 12.2. The van der Waals surface area contributed by atoms with Crippen LogP contribution in [0.1, 0.15) is 48.0 Å². The van der Waals surface area contributed by atoms with Crippen LogP contribution >= 0.6 is 0 Å². The van der Waals surface area contributed by atoms with Crippen molar-refractivity contribution < 1.29 is 24.0 Å². The van der Waals surface area contributed by atoms with Crippen molar-refractivity contribution in [3.63, 3.8) is 0 Å². The topological polar surface area (TPSA) is 136 Å². The number of aliphatic carboxylic acids is 1. The second-order valence-electron chi connectivity index (χ2n) is 4.70. The number of amides is 2. The van der Waals surface area contributed by atoms with Crippen LogP contribution < -0.4 is 11.1 Å². The Balaban J connectivity index is 2.97. The summed E-state index contributed by atoms with van der Waals surface area (Å²) < 4.78 is 5.05. The molecule has 1 heterocycles. The quantitative estimate of drug-likeness (QED) is 0.680. The number of aryl methyl sites for hydroxylation is 1. The molecule has 0 aromatic carbocycles. The molecular formula is C12H17N3O5. The highest BCUT2D eigenvalue weighted by Gasteiger charge is 2.27. The number of rotatable bonds is 6. The van der Waals surface area contributed by atoms with E-state index in [0.29, 0.717) is 11.5 Å². The van der Waals surface area contributed by atoms with E-state index in [4.69, 9.17) is 15.4 Å². The monoisotopic (exact) mass is 283 g/mol. The van der Waals surface area contributed by atoms with Crippen molar-refractivity contribution in [2.75, 3.05) is 0 Å². The standard InChI is InChI=1S/C12H17N3O5/c1-5(2)10-9(6(3)15-20-10)11(17)14-7(12(18)19)4-8(13)16/h5,7H,4H2,1-3H3,(H2,13,16)(H,14,17)(H,18,19)/t7-/m0/s1. The molecule has 1 atom stereocenters. The van der Waals surface area contributed by atoms with Crippen LogP contribution in [0, 0.1) is 6.92 Å². The van der Waals surface area contributed by atoms with Crippen molar-refractivity contribution in [3.8, 4) is 0 Å². The zero-order valence-electron chi connectivity index (χ0n) is 11.5. The molecule has 1 rings (SSSR count). The molecule has 1 aromatic heterocycles. The summed E-state index contributed by atoms with van der Waals surface area (Å²) in [6.07, 6.45) is -0.484. The van der Waals surface area contributed by atoms with Gasteiger partial charge in [-0.25, -0.2) is 4.79 Å². The van der Waals surface area contributed by atoms with Crippen LogP contribution in [0.3, 0.4) is 0 Å². The van der Waals surface area contributed by atoms with Crippen LogP contribution in [0.5, 0.6) is 0 Å². The van der Waals surface area contributed by atoms with Gasteiger partial charge in [-0.15, -0.1) is 0 Å². The van der Waals surface area contributed by atoms with E-state index in [9.17, 15) is 14.4 Å². The molecule has 0 bridgehead atoms. The highest BCUT2D eigenvalue weighted by Crippen LogP contribution is 2.22. The van der Waals surface area contributed by atoms with Gasteiger partial charge in [0, 0.05) is 5.92 Å². The zero-order valence-corrected chi connectivity index (χ0v) is 11.5. The predicted molar refractivity (Wildman–Crippen MR) is 68.0 cm³/mol. The second kappa shape index (κ2) is 6.18. The SMILES string of the molecule is Cc1noc(C(C)C)c1C(=O)N[C@@H](CC(N)=O)C(=O)O. The lowest BCUT2D eigenvalue weighted by molar-refractivity contribution is -0.140. The lowest BCUT2D eigenvalue weighted by Crippen LogP contribution is -2.43. The molecule has 8 heteroatoms. The average molecular weight is 283 g/mol. The minimum Gasteiger partial charge on any atom is -0.480 e. The van der Waals surface area contributed by atoms with Crippen molar-refractivity contribution in [1.82, 2.24) is 10.5 Å². The third-order valence-corrected chi connectivity index (χ3v) is 2.65.